The Labute approximate surface area is 77.0 Å². The molecule has 2 rings (SSSR count). The summed E-state index contributed by atoms with van der Waals surface area (Å²) in [6.45, 7) is 0. The van der Waals surface area contributed by atoms with Gasteiger partial charge in [-0.15, -0.1) is 0 Å². The predicted molar refractivity (Wildman–Crippen MR) is 43.8 cm³/mol. The zero-order valence-electron chi connectivity index (χ0n) is 6.19. The van der Waals surface area contributed by atoms with Gasteiger partial charge in [-0.3, -0.25) is 0 Å². The zero-order valence-corrected chi connectivity index (χ0v) is 6.95. The van der Waals surface area contributed by atoms with Gasteiger partial charge in [-0.05, 0) is 0 Å². The van der Waals surface area contributed by atoms with Crippen molar-refractivity contribution in [3.05, 3.63) is 23.3 Å². The maximum atomic E-state index is 10.5. The Morgan fingerprint density at radius 1 is 1.62 bits per heavy atom. The van der Waals surface area contributed by atoms with Crippen LogP contribution in [0.2, 0.25) is 5.15 Å². The summed E-state index contributed by atoms with van der Waals surface area (Å²) in [6, 6.07) is 1.50. The molecule has 0 unspecified atom stereocenters. The van der Waals surface area contributed by atoms with E-state index in [4.69, 9.17) is 21.1 Å². The van der Waals surface area contributed by atoms with Crippen LogP contribution >= 0.6 is 11.6 Å². The summed E-state index contributed by atoms with van der Waals surface area (Å²) in [7, 11) is 0. The van der Waals surface area contributed by atoms with Gasteiger partial charge in [-0.25, -0.2) is 9.78 Å². The molecular weight excluding hydrogens is 196 g/mol. The Morgan fingerprint density at radius 2 is 2.38 bits per heavy atom. The molecule has 13 heavy (non-hydrogen) atoms. The molecule has 0 aromatic carbocycles. The molecule has 0 spiro atoms. The van der Waals surface area contributed by atoms with Crippen LogP contribution in [0, 0.1) is 0 Å². The maximum absolute atomic E-state index is 10.5. The summed E-state index contributed by atoms with van der Waals surface area (Å²) in [4.78, 5) is 17.8. The smallest absolute Gasteiger partial charge is 0.392 e. The fraction of sp³-hybridized carbons (Fsp3) is 0. The molecule has 2 aromatic heterocycles. The van der Waals surface area contributed by atoms with Gasteiger partial charge >= 0.3 is 11.9 Å². The minimum absolute atomic E-state index is 0.133. The van der Waals surface area contributed by atoms with E-state index in [1.54, 1.807) is 0 Å². The van der Waals surface area contributed by atoms with Crippen molar-refractivity contribution >= 4 is 28.7 Å². The van der Waals surface area contributed by atoms with Gasteiger partial charge in [0.15, 0.2) is 10.7 Å². The molecule has 2 aromatic rings. The van der Waals surface area contributed by atoms with Crippen molar-refractivity contribution in [2.45, 2.75) is 0 Å². The van der Waals surface area contributed by atoms with Crippen molar-refractivity contribution in [1.29, 1.82) is 0 Å². The molecule has 0 aliphatic heterocycles. The van der Waals surface area contributed by atoms with Crippen molar-refractivity contribution in [2.75, 3.05) is 0 Å². The summed E-state index contributed by atoms with van der Waals surface area (Å²) in [5.74, 6) is -1.61. The molecule has 1 N–H and O–H groups in total. The van der Waals surface area contributed by atoms with E-state index < -0.39 is 5.97 Å². The predicted octanol–water partition coefficient (Wildman–Crippen LogP) is 1.57. The maximum Gasteiger partial charge on any atom is 0.392 e. The monoisotopic (exact) mass is 198 g/mol. The third-order valence-electron chi connectivity index (χ3n) is 1.45. The first-order valence-corrected chi connectivity index (χ1v) is 3.70. The fourth-order valence-corrected chi connectivity index (χ4v) is 1.11. The second-order valence-corrected chi connectivity index (χ2v) is 2.63. The van der Waals surface area contributed by atoms with Crippen molar-refractivity contribution in [2.24, 2.45) is 0 Å². The number of oxazole rings is 1. The number of aromatic nitrogens is 2. The van der Waals surface area contributed by atoms with Crippen LogP contribution in [0.3, 0.4) is 0 Å². The summed E-state index contributed by atoms with van der Waals surface area (Å²) < 4.78 is 4.88. The highest BCUT2D eigenvalue weighted by molar-refractivity contribution is 6.33. The molecule has 0 atom stereocenters. The van der Waals surface area contributed by atoms with Crippen molar-refractivity contribution in [1.82, 2.24) is 9.97 Å². The van der Waals surface area contributed by atoms with E-state index in [9.17, 15) is 4.79 Å². The molecule has 0 aliphatic carbocycles. The number of carboxylic acids is 1. The Balaban J connectivity index is 2.75. The lowest BCUT2D eigenvalue weighted by molar-refractivity contribution is 0.0656. The van der Waals surface area contributed by atoms with Gasteiger partial charge in [0.25, 0.3) is 0 Å². The number of hydrogen-bond acceptors (Lipinski definition) is 4. The van der Waals surface area contributed by atoms with E-state index in [0.29, 0.717) is 5.58 Å². The van der Waals surface area contributed by atoms with Gasteiger partial charge < -0.3 is 9.52 Å². The van der Waals surface area contributed by atoms with Crippen molar-refractivity contribution in [3.63, 3.8) is 0 Å². The molecule has 0 bridgehead atoms. The number of rotatable bonds is 1. The van der Waals surface area contributed by atoms with Crippen LogP contribution in [0.25, 0.3) is 11.1 Å². The van der Waals surface area contributed by atoms with E-state index in [2.05, 4.69) is 9.97 Å². The summed E-state index contributed by atoms with van der Waals surface area (Å²) in [5, 5.41) is 8.69. The third-order valence-corrected chi connectivity index (χ3v) is 1.72. The number of halogens is 1. The molecule has 0 fully saturated rings. The summed E-state index contributed by atoms with van der Waals surface area (Å²) >= 11 is 5.65. The topological polar surface area (TPSA) is 76.2 Å². The summed E-state index contributed by atoms with van der Waals surface area (Å²) in [6.07, 6.45) is 1.42. The van der Waals surface area contributed by atoms with E-state index in [-0.39, 0.29) is 16.6 Å². The average molecular weight is 199 g/mol. The molecule has 66 valence electrons. The highest BCUT2D eigenvalue weighted by Crippen LogP contribution is 2.20. The van der Waals surface area contributed by atoms with E-state index in [1.807, 2.05) is 0 Å². The van der Waals surface area contributed by atoms with Crippen LogP contribution in [-0.2, 0) is 0 Å². The molecule has 0 amide bonds. The summed E-state index contributed by atoms with van der Waals surface area (Å²) in [5.41, 5.74) is 0.582. The SMILES string of the molecule is O=C(O)c1nc2c(Cl)nccc2o1. The second-order valence-electron chi connectivity index (χ2n) is 2.27. The van der Waals surface area contributed by atoms with Crippen molar-refractivity contribution < 1.29 is 14.3 Å². The van der Waals surface area contributed by atoms with E-state index >= 15 is 0 Å². The van der Waals surface area contributed by atoms with Crippen LogP contribution in [-0.4, -0.2) is 21.0 Å². The molecule has 5 nitrogen and oxygen atoms in total. The zero-order chi connectivity index (χ0) is 9.42. The van der Waals surface area contributed by atoms with Gasteiger partial charge in [0.2, 0.25) is 0 Å². The van der Waals surface area contributed by atoms with Gasteiger partial charge in [0, 0.05) is 12.3 Å². The molecular formula is C7H3ClN2O3. The molecule has 0 saturated heterocycles. The van der Waals surface area contributed by atoms with Gasteiger partial charge in [0.1, 0.15) is 5.52 Å². The highest BCUT2D eigenvalue weighted by atomic mass is 35.5. The first-order valence-electron chi connectivity index (χ1n) is 3.33. The number of nitrogens with zero attached hydrogens (tertiary/aromatic N) is 2. The fourth-order valence-electron chi connectivity index (χ4n) is 0.916. The minimum atomic E-state index is -1.23. The number of fused-ring (bicyclic) bond motifs is 1. The first-order chi connectivity index (χ1) is 6.18. The molecule has 0 aliphatic rings. The third kappa shape index (κ3) is 1.23. The molecule has 2 heterocycles. The molecule has 6 heteroatoms. The number of carboxylic acid groups (broad SMARTS) is 1. The Morgan fingerprint density at radius 3 is 3.00 bits per heavy atom. The largest absolute Gasteiger partial charge is 0.474 e. The Hall–Kier alpha value is -1.62. The minimum Gasteiger partial charge on any atom is -0.474 e. The number of pyridine rings is 1. The van der Waals surface area contributed by atoms with Crippen molar-refractivity contribution in [3.8, 4) is 0 Å². The van der Waals surface area contributed by atoms with Crippen LogP contribution in [0.4, 0.5) is 0 Å². The normalized spacial score (nSPS) is 10.5. The van der Waals surface area contributed by atoms with Crippen LogP contribution in [0.5, 0.6) is 0 Å². The van der Waals surface area contributed by atoms with E-state index in [1.165, 1.54) is 12.3 Å². The van der Waals surface area contributed by atoms with Crippen LogP contribution < -0.4 is 0 Å². The number of carbonyl (C=O) groups is 1. The quantitative estimate of drug-likeness (QED) is 0.704. The second kappa shape index (κ2) is 2.70. The number of aromatic carboxylic acids is 1. The number of hydrogen-bond donors (Lipinski definition) is 1. The molecule has 0 saturated carbocycles. The highest BCUT2D eigenvalue weighted by Gasteiger charge is 2.14. The standard InChI is InChI=1S/C7H3ClN2O3/c8-5-4-3(1-2-9-5)13-6(10-4)7(11)12/h1-2H,(H,11,12). The lowest BCUT2D eigenvalue weighted by Crippen LogP contribution is -1.94. The van der Waals surface area contributed by atoms with Crippen LogP contribution in [0.1, 0.15) is 10.7 Å². The molecule has 0 radical (unpaired) electrons. The average Bonchev–Trinajstić information content (AvgIpc) is 2.49. The van der Waals surface area contributed by atoms with E-state index in [0.717, 1.165) is 0 Å². The Bertz CT molecular complexity index is 480. The van der Waals surface area contributed by atoms with Crippen LogP contribution in [0.15, 0.2) is 16.7 Å². The van der Waals surface area contributed by atoms with Gasteiger partial charge in [0.05, 0.1) is 0 Å². The lowest BCUT2D eigenvalue weighted by atomic mass is 10.4. The first kappa shape index (κ1) is 8.00. The lowest BCUT2D eigenvalue weighted by Gasteiger charge is -1.85. The van der Waals surface area contributed by atoms with Gasteiger partial charge in [-0.1, -0.05) is 11.6 Å². The van der Waals surface area contributed by atoms with Gasteiger partial charge in [-0.2, -0.15) is 4.98 Å². The Kier molecular flexibility index (Phi) is 1.66.